The second-order valence-corrected chi connectivity index (χ2v) is 3.67. The van der Waals surface area contributed by atoms with Gasteiger partial charge in [0.05, 0.1) is 37.9 Å². The van der Waals surface area contributed by atoms with E-state index in [1.54, 1.807) is 30.9 Å². The Hall–Kier alpha value is -2.26. The second kappa shape index (κ2) is 4.94. The lowest BCUT2D eigenvalue weighted by atomic mass is 10.2. The van der Waals surface area contributed by atoms with Crippen molar-refractivity contribution in [2.45, 2.75) is 13.1 Å². The molecule has 0 spiro atoms. The van der Waals surface area contributed by atoms with Gasteiger partial charge in [0, 0.05) is 12.1 Å². The van der Waals surface area contributed by atoms with Crippen molar-refractivity contribution in [2.75, 3.05) is 14.2 Å². The number of nitrogens with zero attached hydrogens (tertiary/aromatic N) is 3. The molecule has 0 fully saturated rings. The van der Waals surface area contributed by atoms with Crippen LogP contribution < -0.4 is 15.2 Å². The van der Waals surface area contributed by atoms with Gasteiger partial charge in [-0.2, -0.15) is 5.26 Å². The molecular formula is C12H14N4O2. The van der Waals surface area contributed by atoms with E-state index in [2.05, 4.69) is 11.1 Å². The fraction of sp³-hybridized carbons (Fsp3) is 0.333. The number of ether oxygens (including phenoxy) is 2. The van der Waals surface area contributed by atoms with Crippen molar-refractivity contribution in [3.8, 4) is 17.6 Å². The van der Waals surface area contributed by atoms with Gasteiger partial charge in [0.15, 0.2) is 11.5 Å². The van der Waals surface area contributed by atoms with Crippen LogP contribution in [0.25, 0.3) is 11.0 Å². The number of aromatic nitrogens is 2. The smallest absolute Gasteiger partial charge is 0.163 e. The van der Waals surface area contributed by atoms with Gasteiger partial charge in [-0.3, -0.25) is 0 Å². The third-order valence-electron chi connectivity index (χ3n) is 2.74. The van der Waals surface area contributed by atoms with Crippen LogP contribution in [0.3, 0.4) is 0 Å². The average molecular weight is 246 g/mol. The number of fused-ring (bicyclic) bond motifs is 1. The molecule has 0 aliphatic rings. The summed E-state index contributed by atoms with van der Waals surface area (Å²) in [6, 6.07) is 5.68. The van der Waals surface area contributed by atoms with E-state index in [0.29, 0.717) is 17.3 Å². The molecule has 94 valence electrons. The number of rotatable bonds is 4. The van der Waals surface area contributed by atoms with Crippen molar-refractivity contribution in [1.82, 2.24) is 9.55 Å². The number of methoxy groups -OCH3 is 2. The van der Waals surface area contributed by atoms with Crippen LogP contribution in [0.15, 0.2) is 12.1 Å². The highest BCUT2D eigenvalue weighted by molar-refractivity contribution is 5.80. The summed E-state index contributed by atoms with van der Waals surface area (Å²) < 4.78 is 12.2. The van der Waals surface area contributed by atoms with Gasteiger partial charge in [-0.05, 0) is 0 Å². The monoisotopic (exact) mass is 246 g/mol. The summed E-state index contributed by atoms with van der Waals surface area (Å²) in [4.78, 5) is 4.39. The number of hydrogen-bond acceptors (Lipinski definition) is 5. The summed E-state index contributed by atoms with van der Waals surface area (Å²) in [6.07, 6.45) is 0. The van der Waals surface area contributed by atoms with Gasteiger partial charge in [0.25, 0.3) is 0 Å². The SMILES string of the molecule is COc1cc2nc(CN)n(CC#N)c2cc1OC. The predicted octanol–water partition coefficient (Wildman–Crippen LogP) is 1.04. The van der Waals surface area contributed by atoms with Crippen LogP contribution in [-0.2, 0) is 13.1 Å². The molecule has 0 atom stereocenters. The predicted molar refractivity (Wildman–Crippen MR) is 66.3 cm³/mol. The fourth-order valence-corrected chi connectivity index (χ4v) is 1.90. The van der Waals surface area contributed by atoms with E-state index in [-0.39, 0.29) is 13.1 Å². The Morgan fingerprint density at radius 1 is 1.33 bits per heavy atom. The van der Waals surface area contributed by atoms with Crippen LogP contribution in [0.2, 0.25) is 0 Å². The van der Waals surface area contributed by atoms with Crippen molar-refractivity contribution >= 4 is 11.0 Å². The first-order valence-corrected chi connectivity index (χ1v) is 5.43. The molecule has 0 saturated heterocycles. The number of benzene rings is 1. The average Bonchev–Trinajstić information content (AvgIpc) is 2.75. The lowest BCUT2D eigenvalue weighted by Crippen LogP contribution is -2.07. The van der Waals surface area contributed by atoms with Gasteiger partial charge >= 0.3 is 0 Å². The minimum atomic E-state index is 0.207. The molecule has 2 aromatic rings. The third-order valence-corrected chi connectivity index (χ3v) is 2.74. The first-order chi connectivity index (χ1) is 8.74. The maximum absolute atomic E-state index is 8.85. The molecule has 0 radical (unpaired) electrons. The van der Waals surface area contributed by atoms with E-state index in [9.17, 15) is 0 Å². The summed E-state index contributed by atoms with van der Waals surface area (Å²) >= 11 is 0. The van der Waals surface area contributed by atoms with Gasteiger partial charge in [-0.15, -0.1) is 0 Å². The molecule has 6 nitrogen and oxygen atoms in total. The Kier molecular flexibility index (Phi) is 3.35. The molecule has 0 bridgehead atoms. The number of nitrogens with two attached hydrogens (primary N) is 1. The fourth-order valence-electron chi connectivity index (χ4n) is 1.90. The van der Waals surface area contributed by atoms with Crippen molar-refractivity contribution in [3.63, 3.8) is 0 Å². The molecule has 2 N–H and O–H groups in total. The quantitative estimate of drug-likeness (QED) is 0.870. The summed E-state index contributed by atoms with van der Waals surface area (Å²) in [5, 5.41) is 8.85. The summed E-state index contributed by atoms with van der Waals surface area (Å²) in [5.74, 6) is 1.88. The number of hydrogen-bond donors (Lipinski definition) is 1. The normalized spacial score (nSPS) is 10.3. The van der Waals surface area contributed by atoms with Crippen LogP contribution in [-0.4, -0.2) is 23.8 Å². The number of imidazole rings is 1. The van der Waals surface area contributed by atoms with Crippen molar-refractivity contribution in [1.29, 1.82) is 5.26 Å². The molecular weight excluding hydrogens is 232 g/mol. The molecule has 0 unspecified atom stereocenters. The van der Waals surface area contributed by atoms with Crippen molar-refractivity contribution in [3.05, 3.63) is 18.0 Å². The molecule has 1 heterocycles. The van der Waals surface area contributed by atoms with Gasteiger partial charge in [0.1, 0.15) is 12.4 Å². The molecule has 18 heavy (non-hydrogen) atoms. The van der Waals surface area contributed by atoms with Crippen LogP contribution in [0.1, 0.15) is 5.82 Å². The van der Waals surface area contributed by atoms with E-state index in [1.807, 2.05) is 0 Å². The molecule has 0 aliphatic carbocycles. The zero-order valence-corrected chi connectivity index (χ0v) is 10.3. The van der Waals surface area contributed by atoms with Gasteiger partial charge < -0.3 is 19.8 Å². The van der Waals surface area contributed by atoms with E-state index in [1.165, 1.54) is 0 Å². The third kappa shape index (κ3) is 1.85. The standard InChI is InChI=1S/C12H14N4O2/c1-17-10-5-8-9(6-11(10)18-2)16(4-3-13)12(7-14)15-8/h5-6H,4,7,14H2,1-2H3. The Balaban J connectivity index is 2.71. The Morgan fingerprint density at radius 3 is 2.56 bits per heavy atom. The van der Waals surface area contributed by atoms with Crippen LogP contribution >= 0.6 is 0 Å². The van der Waals surface area contributed by atoms with E-state index in [0.717, 1.165) is 11.0 Å². The lowest BCUT2D eigenvalue weighted by molar-refractivity contribution is 0.355. The molecule has 1 aromatic carbocycles. The highest BCUT2D eigenvalue weighted by Crippen LogP contribution is 2.32. The largest absolute Gasteiger partial charge is 0.493 e. The first-order valence-electron chi connectivity index (χ1n) is 5.43. The minimum Gasteiger partial charge on any atom is -0.493 e. The minimum absolute atomic E-state index is 0.207. The molecule has 6 heteroatoms. The molecule has 0 saturated carbocycles. The van der Waals surface area contributed by atoms with E-state index >= 15 is 0 Å². The van der Waals surface area contributed by atoms with Gasteiger partial charge in [-0.1, -0.05) is 0 Å². The number of nitriles is 1. The van der Waals surface area contributed by atoms with Gasteiger partial charge in [0.2, 0.25) is 0 Å². The van der Waals surface area contributed by atoms with E-state index < -0.39 is 0 Å². The molecule has 2 rings (SSSR count). The second-order valence-electron chi connectivity index (χ2n) is 3.67. The highest BCUT2D eigenvalue weighted by Gasteiger charge is 2.13. The molecule has 1 aromatic heterocycles. The highest BCUT2D eigenvalue weighted by atomic mass is 16.5. The maximum atomic E-state index is 8.85. The summed E-state index contributed by atoms with van der Waals surface area (Å²) in [5.41, 5.74) is 7.18. The lowest BCUT2D eigenvalue weighted by Gasteiger charge is -2.08. The van der Waals surface area contributed by atoms with Gasteiger partial charge in [-0.25, -0.2) is 4.98 Å². The molecule has 0 amide bonds. The summed E-state index contributed by atoms with van der Waals surface area (Å²) in [6.45, 7) is 0.486. The van der Waals surface area contributed by atoms with Crippen molar-refractivity contribution in [2.24, 2.45) is 5.73 Å². The molecule has 0 aliphatic heterocycles. The zero-order chi connectivity index (χ0) is 13.1. The van der Waals surface area contributed by atoms with E-state index in [4.69, 9.17) is 20.5 Å². The topological polar surface area (TPSA) is 86.1 Å². The Morgan fingerprint density at radius 2 is 2.00 bits per heavy atom. The first kappa shape index (κ1) is 12.2. The van der Waals surface area contributed by atoms with Crippen LogP contribution in [0.4, 0.5) is 0 Å². The Bertz CT molecular complexity index is 613. The van der Waals surface area contributed by atoms with Crippen molar-refractivity contribution < 1.29 is 9.47 Å². The Labute approximate surface area is 105 Å². The van der Waals surface area contributed by atoms with Crippen LogP contribution in [0, 0.1) is 11.3 Å². The zero-order valence-electron chi connectivity index (χ0n) is 10.3. The summed E-state index contributed by atoms with van der Waals surface area (Å²) in [7, 11) is 3.14. The van der Waals surface area contributed by atoms with Crippen LogP contribution in [0.5, 0.6) is 11.5 Å². The maximum Gasteiger partial charge on any atom is 0.163 e.